The van der Waals surface area contributed by atoms with Crippen LogP contribution >= 0.6 is 0 Å². The number of hydrogen-bond donors (Lipinski definition) is 2. The van der Waals surface area contributed by atoms with Crippen molar-refractivity contribution >= 4 is 11.6 Å². The van der Waals surface area contributed by atoms with Crippen molar-refractivity contribution in [1.29, 1.82) is 0 Å². The first kappa shape index (κ1) is 13.5. The first-order valence-electron chi connectivity index (χ1n) is 7.05. The molecule has 0 bridgehead atoms. The van der Waals surface area contributed by atoms with Crippen molar-refractivity contribution in [3.8, 4) is 0 Å². The largest absolute Gasteiger partial charge is 0.381 e. The lowest BCUT2D eigenvalue weighted by Gasteiger charge is -2.37. The number of nitrogens with one attached hydrogen (secondary N) is 2. The molecule has 0 radical (unpaired) electrons. The minimum Gasteiger partial charge on any atom is -0.381 e. The molecule has 2 aliphatic heterocycles. The van der Waals surface area contributed by atoms with E-state index in [2.05, 4.69) is 10.6 Å². The molecule has 1 aromatic rings. The summed E-state index contributed by atoms with van der Waals surface area (Å²) in [5.74, 6) is -0.440. The van der Waals surface area contributed by atoms with Crippen LogP contribution in [0.15, 0.2) is 24.3 Å². The van der Waals surface area contributed by atoms with Gasteiger partial charge in [0.1, 0.15) is 5.82 Å². The van der Waals surface area contributed by atoms with E-state index in [-0.39, 0.29) is 23.1 Å². The number of benzene rings is 1. The second-order valence-corrected chi connectivity index (χ2v) is 5.66. The number of anilines is 1. The Morgan fingerprint density at radius 3 is 2.95 bits per heavy atom. The molecule has 5 heteroatoms. The van der Waals surface area contributed by atoms with Crippen molar-refractivity contribution in [3.05, 3.63) is 30.1 Å². The van der Waals surface area contributed by atoms with E-state index >= 15 is 0 Å². The van der Waals surface area contributed by atoms with E-state index in [4.69, 9.17) is 4.74 Å². The Morgan fingerprint density at radius 1 is 1.40 bits per heavy atom. The van der Waals surface area contributed by atoms with Crippen molar-refractivity contribution in [2.45, 2.75) is 12.8 Å². The van der Waals surface area contributed by atoms with Gasteiger partial charge < -0.3 is 15.4 Å². The van der Waals surface area contributed by atoms with E-state index in [0.717, 1.165) is 19.4 Å². The summed E-state index contributed by atoms with van der Waals surface area (Å²) in [5, 5.41) is 6.16. The highest BCUT2D eigenvalue weighted by molar-refractivity contribution is 5.93. The van der Waals surface area contributed by atoms with Crippen LogP contribution < -0.4 is 10.6 Å². The maximum absolute atomic E-state index is 13.2. The van der Waals surface area contributed by atoms with Gasteiger partial charge in [0.15, 0.2) is 0 Å². The quantitative estimate of drug-likeness (QED) is 0.867. The van der Waals surface area contributed by atoms with Crippen molar-refractivity contribution in [3.63, 3.8) is 0 Å². The van der Waals surface area contributed by atoms with Crippen LogP contribution in [-0.4, -0.2) is 32.2 Å². The lowest BCUT2D eigenvalue weighted by atomic mass is 9.72. The van der Waals surface area contributed by atoms with E-state index in [0.29, 0.717) is 25.4 Å². The van der Waals surface area contributed by atoms with E-state index in [1.807, 2.05) is 0 Å². The lowest BCUT2D eigenvalue weighted by molar-refractivity contribution is -0.124. The zero-order valence-corrected chi connectivity index (χ0v) is 11.3. The minimum atomic E-state index is -0.340. The lowest BCUT2D eigenvalue weighted by Crippen LogP contribution is -2.42. The fraction of sp³-hybridized carbons (Fsp3) is 0.533. The van der Waals surface area contributed by atoms with Crippen LogP contribution in [0.1, 0.15) is 12.8 Å². The Bertz CT molecular complexity index is 500. The maximum atomic E-state index is 13.2. The van der Waals surface area contributed by atoms with Crippen molar-refractivity contribution in [1.82, 2.24) is 5.32 Å². The summed E-state index contributed by atoms with van der Waals surface area (Å²) in [6, 6.07) is 6.02. The second-order valence-electron chi connectivity index (χ2n) is 5.66. The third-order valence-corrected chi connectivity index (χ3v) is 4.46. The number of halogens is 1. The fourth-order valence-corrected chi connectivity index (χ4v) is 3.27. The van der Waals surface area contributed by atoms with Gasteiger partial charge in [0, 0.05) is 32.0 Å². The number of hydrogen-bond acceptors (Lipinski definition) is 3. The Morgan fingerprint density at radius 2 is 2.20 bits per heavy atom. The van der Waals surface area contributed by atoms with Crippen LogP contribution in [0.4, 0.5) is 10.1 Å². The van der Waals surface area contributed by atoms with Crippen LogP contribution in [-0.2, 0) is 9.53 Å². The highest BCUT2D eigenvalue weighted by Gasteiger charge is 2.47. The van der Waals surface area contributed by atoms with E-state index < -0.39 is 0 Å². The van der Waals surface area contributed by atoms with Gasteiger partial charge in [0.05, 0.1) is 5.92 Å². The highest BCUT2D eigenvalue weighted by Crippen LogP contribution is 2.41. The first-order valence-corrected chi connectivity index (χ1v) is 7.05. The third-order valence-electron chi connectivity index (χ3n) is 4.46. The molecular formula is C15H19FN2O2. The summed E-state index contributed by atoms with van der Waals surface area (Å²) >= 11 is 0. The molecule has 0 aliphatic carbocycles. The monoisotopic (exact) mass is 278 g/mol. The van der Waals surface area contributed by atoms with Crippen molar-refractivity contribution < 1.29 is 13.9 Å². The average molecular weight is 278 g/mol. The number of carbonyl (C=O) groups excluding carboxylic acids is 1. The minimum absolute atomic E-state index is 0.00431. The Hall–Kier alpha value is -1.46. The predicted molar refractivity (Wildman–Crippen MR) is 73.9 cm³/mol. The topological polar surface area (TPSA) is 50.4 Å². The van der Waals surface area contributed by atoms with Crippen LogP contribution in [0.5, 0.6) is 0 Å². The molecule has 0 unspecified atom stereocenters. The summed E-state index contributed by atoms with van der Waals surface area (Å²) < 4.78 is 18.6. The Kier molecular flexibility index (Phi) is 3.72. The van der Waals surface area contributed by atoms with Gasteiger partial charge in [-0.3, -0.25) is 4.79 Å². The van der Waals surface area contributed by atoms with Crippen LogP contribution in [0.2, 0.25) is 0 Å². The van der Waals surface area contributed by atoms with Gasteiger partial charge in [0.25, 0.3) is 0 Å². The van der Waals surface area contributed by atoms with Gasteiger partial charge in [-0.15, -0.1) is 0 Å². The van der Waals surface area contributed by atoms with Gasteiger partial charge in [-0.1, -0.05) is 6.07 Å². The SMILES string of the molecule is O=C(Nc1cccc(F)c1)[C@@H]1CNCC12CCOCC2. The number of ether oxygens (including phenoxy) is 1. The van der Waals surface area contributed by atoms with E-state index in [1.165, 1.54) is 12.1 Å². The molecule has 0 aromatic heterocycles. The molecule has 3 rings (SSSR count). The summed E-state index contributed by atoms with van der Waals surface area (Å²) in [4.78, 5) is 12.5. The summed E-state index contributed by atoms with van der Waals surface area (Å²) in [5.41, 5.74) is 0.513. The van der Waals surface area contributed by atoms with Crippen molar-refractivity contribution in [2.75, 3.05) is 31.6 Å². The zero-order chi connectivity index (χ0) is 14.0. The molecule has 1 aromatic carbocycles. The molecule has 2 aliphatic rings. The summed E-state index contributed by atoms with van der Waals surface area (Å²) in [7, 11) is 0. The molecule has 2 saturated heterocycles. The van der Waals surface area contributed by atoms with Gasteiger partial charge in [-0.2, -0.15) is 0 Å². The molecule has 108 valence electrons. The molecule has 4 nitrogen and oxygen atoms in total. The van der Waals surface area contributed by atoms with Crippen molar-refractivity contribution in [2.24, 2.45) is 11.3 Å². The molecular weight excluding hydrogens is 259 g/mol. The predicted octanol–water partition coefficient (Wildman–Crippen LogP) is 1.78. The molecule has 20 heavy (non-hydrogen) atoms. The highest BCUT2D eigenvalue weighted by atomic mass is 19.1. The average Bonchev–Trinajstić information content (AvgIpc) is 2.83. The third kappa shape index (κ3) is 2.55. The van der Waals surface area contributed by atoms with Gasteiger partial charge >= 0.3 is 0 Å². The van der Waals surface area contributed by atoms with Crippen LogP contribution in [0.3, 0.4) is 0 Å². The molecule has 2 heterocycles. The molecule has 1 atom stereocenters. The Labute approximate surface area is 117 Å². The first-order chi connectivity index (χ1) is 9.70. The number of amides is 1. The standard InChI is InChI=1S/C15H19FN2O2/c16-11-2-1-3-12(8-11)18-14(19)13-9-17-10-15(13)4-6-20-7-5-15/h1-3,8,13,17H,4-7,9-10H2,(H,18,19)/t13-/m0/s1. The van der Waals surface area contributed by atoms with Crippen LogP contribution in [0.25, 0.3) is 0 Å². The maximum Gasteiger partial charge on any atom is 0.229 e. The molecule has 2 N–H and O–H groups in total. The smallest absolute Gasteiger partial charge is 0.229 e. The van der Waals surface area contributed by atoms with E-state index in [9.17, 15) is 9.18 Å². The van der Waals surface area contributed by atoms with Gasteiger partial charge in [0.2, 0.25) is 5.91 Å². The molecule has 2 fully saturated rings. The number of carbonyl (C=O) groups is 1. The summed E-state index contributed by atoms with van der Waals surface area (Å²) in [6.45, 7) is 2.97. The number of rotatable bonds is 2. The summed E-state index contributed by atoms with van der Waals surface area (Å²) in [6.07, 6.45) is 1.81. The normalized spacial score (nSPS) is 24.8. The second kappa shape index (κ2) is 5.50. The molecule has 1 amide bonds. The van der Waals surface area contributed by atoms with Gasteiger partial charge in [-0.05, 0) is 36.5 Å². The fourth-order valence-electron chi connectivity index (χ4n) is 3.27. The molecule has 0 saturated carbocycles. The zero-order valence-electron chi connectivity index (χ0n) is 11.3. The molecule has 1 spiro atoms. The Balaban J connectivity index is 1.73. The van der Waals surface area contributed by atoms with E-state index in [1.54, 1.807) is 12.1 Å². The van der Waals surface area contributed by atoms with Crippen LogP contribution in [0, 0.1) is 17.2 Å². The van der Waals surface area contributed by atoms with Gasteiger partial charge in [-0.25, -0.2) is 4.39 Å².